The van der Waals surface area contributed by atoms with Gasteiger partial charge in [0.2, 0.25) is 11.8 Å². The molecule has 0 unspecified atom stereocenters. The Labute approximate surface area is 358 Å². The summed E-state index contributed by atoms with van der Waals surface area (Å²) in [5.74, 6) is 2.96. The van der Waals surface area contributed by atoms with Gasteiger partial charge in [-0.15, -0.1) is 0 Å². The van der Waals surface area contributed by atoms with Crippen molar-refractivity contribution in [3.63, 3.8) is 0 Å². The van der Waals surface area contributed by atoms with Crippen LogP contribution in [-0.4, -0.2) is 86.6 Å². The van der Waals surface area contributed by atoms with Crippen LogP contribution in [0.5, 0.6) is 5.75 Å². The highest BCUT2D eigenvalue weighted by atomic mass is 16.5. The van der Waals surface area contributed by atoms with Crippen LogP contribution < -0.4 is 10.1 Å². The predicted octanol–water partition coefficient (Wildman–Crippen LogP) is 8.60. The number of amides is 3. The Hall–Kier alpha value is -5.17. The molecule has 13 nitrogen and oxygen atoms in total. The zero-order valence-corrected chi connectivity index (χ0v) is 36.5. The van der Waals surface area contributed by atoms with Crippen LogP contribution in [-0.2, 0) is 25.7 Å². The first-order chi connectivity index (χ1) is 29.4. The van der Waals surface area contributed by atoms with Gasteiger partial charge in [-0.2, -0.15) is 0 Å². The molecule has 4 aromatic rings. The van der Waals surface area contributed by atoms with Crippen molar-refractivity contribution >= 4 is 17.9 Å². The minimum Gasteiger partial charge on any atom is -0.486 e. The SMILES string of the molecule is COC(=O)N[C@H](C(=O)N1[C@H](c2nc3c([nH]2)-c2ccc(-c4ccc(-c5cnc([C@@H]6C[C@@]7(CCCOC7)CN6C(=O)[C@@H](C)C(C)C)[nH]5)cc4)cc2OC3)C[C@@H]2CCCC[C@@H]21)C(C)C. The molecule has 3 N–H and O–H groups in total. The number of aromatic nitrogens is 4. The molecule has 7 atom stereocenters. The number of nitrogens with one attached hydrogen (secondary N) is 3. The molecule has 0 bridgehead atoms. The van der Waals surface area contributed by atoms with E-state index in [-0.39, 0.29) is 53.1 Å². The Morgan fingerprint density at radius 1 is 0.902 bits per heavy atom. The van der Waals surface area contributed by atoms with Gasteiger partial charge in [0.15, 0.2) is 0 Å². The minimum absolute atomic E-state index is 0.0249. The summed E-state index contributed by atoms with van der Waals surface area (Å²) in [6.07, 6.45) is 9.33. The predicted molar refractivity (Wildman–Crippen MR) is 231 cm³/mol. The van der Waals surface area contributed by atoms with E-state index in [1.165, 1.54) is 7.11 Å². The highest BCUT2D eigenvalue weighted by Crippen LogP contribution is 2.49. The molecule has 9 rings (SSSR count). The second kappa shape index (κ2) is 16.6. The quantitative estimate of drug-likeness (QED) is 0.152. The fraction of sp³-hybridized carbons (Fsp3) is 0.562. The van der Waals surface area contributed by atoms with Crippen LogP contribution in [0.3, 0.4) is 0 Å². The third-order valence-corrected chi connectivity index (χ3v) is 14.5. The molecule has 2 aromatic carbocycles. The Kier molecular flexibility index (Phi) is 11.2. The molecular formula is C48H61N7O6. The van der Waals surface area contributed by atoms with E-state index < -0.39 is 12.1 Å². The van der Waals surface area contributed by atoms with E-state index in [2.05, 4.69) is 76.5 Å². The first-order valence-corrected chi connectivity index (χ1v) is 22.5. The Bertz CT molecular complexity index is 2260. The van der Waals surface area contributed by atoms with Gasteiger partial charge in [0.25, 0.3) is 0 Å². The van der Waals surface area contributed by atoms with E-state index in [4.69, 9.17) is 24.2 Å². The number of hydrogen-bond donors (Lipinski definition) is 3. The highest BCUT2D eigenvalue weighted by Gasteiger charge is 2.50. The maximum Gasteiger partial charge on any atom is 0.407 e. The minimum atomic E-state index is -0.697. The van der Waals surface area contributed by atoms with Gasteiger partial charge < -0.3 is 39.3 Å². The molecular weight excluding hydrogens is 771 g/mol. The van der Waals surface area contributed by atoms with Crippen LogP contribution >= 0.6 is 0 Å². The van der Waals surface area contributed by atoms with Gasteiger partial charge in [0.1, 0.15) is 35.7 Å². The number of hydrogen-bond acceptors (Lipinski definition) is 8. The number of rotatable bonds is 9. The van der Waals surface area contributed by atoms with E-state index in [1.807, 2.05) is 31.9 Å². The summed E-state index contributed by atoms with van der Waals surface area (Å²) in [5.41, 5.74) is 6.70. The Morgan fingerprint density at radius 2 is 1.67 bits per heavy atom. The number of aromatic amines is 2. The molecule has 0 radical (unpaired) electrons. The third kappa shape index (κ3) is 7.72. The lowest BCUT2D eigenvalue weighted by atomic mass is 9.80. The first-order valence-electron chi connectivity index (χ1n) is 22.5. The molecule has 2 aromatic heterocycles. The number of alkyl carbamates (subject to hydrolysis) is 1. The zero-order chi connectivity index (χ0) is 42.6. The molecule has 61 heavy (non-hydrogen) atoms. The summed E-state index contributed by atoms with van der Waals surface area (Å²) >= 11 is 0. The van der Waals surface area contributed by atoms with Gasteiger partial charge in [-0.05, 0) is 85.1 Å². The van der Waals surface area contributed by atoms with Crippen LogP contribution in [0.25, 0.3) is 33.6 Å². The lowest BCUT2D eigenvalue weighted by Gasteiger charge is -2.36. The van der Waals surface area contributed by atoms with E-state index >= 15 is 0 Å². The Morgan fingerprint density at radius 3 is 2.41 bits per heavy atom. The molecule has 1 saturated carbocycles. The summed E-state index contributed by atoms with van der Waals surface area (Å²) in [7, 11) is 1.32. The molecule has 1 spiro atoms. The maximum atomic E-state index is 14.3. The van der Waals surface area contributed by atoms with Crippen molar-refractivity contribution in [1.29, 1.82) is 0 Å². The number of likely N-dealkylation sites (tertiary alicyclic amines) is 2. The van der Waals surface area contributed by atoms with E-state index in [9.17, 15) is 14.4 Å². The van der Waals surface area contributed by atoms with Crippen LogP contribution in [0, 0.1) is 29.1 Å². The van der Waals surface area contributed by atoms with Gasteiger partial charge in [-0.1, -0.05) is 77.8 Å². The Balaban J connectivity index is 0.933. The highest BCUT2D eigenvalue weighted by molar-refractivity contribution is 5.87. The summed E-state index contributed by atoms with van der Waals surface area (Å²) in [4.78, 5) is 61.8. The van der Waals surface area contributed by atoms with Crippen LogP contribution in [0.2, 0.25) is 0 Å². The maximum absolute atomic E-state index is 14.3. The first kappa shape index (κ1) is 41.2. The molecule has 1 aliphatic carbocycles. The smallest absolute Gasteiger partial charge is 0.407 e. The second-order valence-electron chi connectivity index (χ2n) is 19.0. The summed E-state index contributed by atoms with van der Waals surface area (Å²) in [6.45, 7) is 12.7. The monoisotopic (exact) mass is 831 g/mol. The molecule has 3 amide bonds. The van der Waals surface area contributed by atoms with Gasteiger partial charge in [-0.3, -0.25) is 9.59 Å². The second-order valence-corrected chi connectivity index (χ2v) is 19.0. The molecule has 4 fully saturated rings. The largest absolute Gasteiger partial charge is 0.486 e. The van der Waals surface area contributed by atoms with Crippen molar-refractivity contribution in [3.05, 3.63) is 66.0 Å². The van der Waals surface area contributed by atoms with Gasteiger partial charge >= 0.3 is 6.09 Å². The van der Waals surface area contributed by atoms with Crippen molar-refractivity contribution in [1.82, 2.24) is 35.1 Å². The average molecular weight is 832 g/mol. The number of fused-ring (bicyclic) bond motifs is 4. The standard InChI is InChI=1S/C48H61N7O6/c1-27(2)29(5)45(56)54-25-48(18-9-19-60-26-48)22-39(54)43-49-23-35(50-43)31-14-12-30(13-15-31)32-16-17-34-40(21-32)61-24-36-42(34)52-44(51-36)38-20-33-10-7-8-11-37(33)55(38)46(57)41(28(3)4)53-47(58)59-6/h12-17,21,23,27-29,33,37-39,41H,7-11,18-20,22,24-26H2,1-6H3,(H,49,50)(H,51,52)(H,53,58)/t29-,33-,37-,38-,39-,41-,48-/m0/s1. The number of H-pyrrole nitrogens is 2. The van der Waals surface area contributed by atoms with E-state index in [1.54, 1.807) is 0 Å². The third-order valence-electron chi connectivity index (χ3n) is 14.5. The molecule has 324 valence electrons. The van der Waals surface area contributed by atoms with Crippen molar-refractivity contribution in [2.24, 2.45) is 29.1 Å². The number of imidazole rings is 2. The van der Waals surface area contributed by atoms with Crippen LogP contribution in [0.15, 0.2) is 48.7 Å². The molecule has 5 aliphatic rings. The van der Waals surface area contributed by atoms with Gasteiger partial charge in [-0.25, -0.2) is 14.8 Å². The van der Waals surface area contributed by atoms with Crippen molar-refractivity contribution in [2.75, 3.05) is 26.9 Å². The molecule has 6 heterocycles. The number of ether oxygens (including phenoxy) is 3. The topological polar surface area (TPSA) is 155 Å². The van der Waals surface area contributed by atoms with Gasteiger partial charge in [0.05, 0.1) is 43.4 Å². The number of nitrogens with zero attached hydrogens (tertiary/aromatic N) is 4. The zero-order valence-electron chi connectivity index (χ0n) is 36.5. The lowest BCUT2D eigenvalue weighted by Crippen LogP contribution is -2.53. The normalized spacial score (nSPS) is 25.5. The molecule has 13 heteroatoms. The van der Waals surface area contributed by atoms with Crippen LogP contribution in [0.1, 0.15) is 115 Å². The summed E-state index contributed by atoms with van der Waals surface area (Å²) in [5, 5.41) is 2.81. The summed E-state index contributed by atoms with van der Waals surface area (Å²) < 4.78 is 17.2. The fourth-order valence-corrected chi connectivity index (χ4v) is 10.7. The van der Waals surface area contributed by atoms with Crippen molar-refractivity contribution in [2.45, 2.75) is 117 Å². The fourth-order valence-electron chi connectivity index (χ4n) is 10.7. The molecule has 4 aliphatic heterocycles. The number of benzene rings is 2. The van der Waals surface area contributed by atoms with Crippen molar-refractivity contribution in [3.8, 4) is 39.4 Å². The van der Waals surface area contributed by atoms with Crippen molar-refractivity contribution < 1.29 is 28.6 Å². The number of methoxy groups -OCH3 is 1. The average Bonchev–Trinajstić information content (AvgIpc) is 4.09. The number of carbonyl (C=O) groups is 3. The lowest BCUT2D eigenvalue weighted by molar-refractivity contribution is -0.139. The number of carbonyl (C=O) groups excluding carboxylic acids is 3. The van der Waals surface area contributed by atoms with E-state index in [0.717, 1.165) is 115 Å². The van der Waals surface area contributed by atoms with Gasteiger partial charge in [0, 0.05) is 36.1 Å². The van der Waals surface area contributed by atoms with Crippen LogP contribution in [0.4, 0.5) is 4.79 Å². The molecule has 3 saturated heterocycles. The summed E-state index contributed by atoms with van der Waals surface area (Å²) in [6, 6.07) is 13.8. The van der Waals surface area contributed by atoms with E-state index in [0.29, 0.717) is 25.7 Å².